The van der Waals surface area contributed by atoms with Crippen molar-refractivity contribution in [3.63, 3.8) is 0 Å². The Morgan fingerprint density at radius 2 is 2.29 bits per heavy atom. The molecule has 0 aromatic rings. The standard InChI is InChI=1S/C12H23N3OS/c1-6-15(5)10(16)9(2)14-11-13-7-12(3,4)8-17-11/h9H,6-8H2,1-5H3,(H,13,14). The molecular formula is C12H23N3OS. The summed E-state index contributed by atoms with van der Waals surface area (Å²) in [5, 5.41) is 4.09. The summed E-state index contributed by atoms with van der Waals surface area (Å²) in [6, 6.07) is -0.201. The molecule has 1 N–H and O–H groups in total. The average Bonchev–Trinajstić information content (AvgIpc) is 2.29. The zero-order valence-electron chi connectivity index (χ0n) is 11.4. The van der Waals surface area contributed by atoms with Crippen LogP contribution in [0.25, 0.3) is 0 Å². The van der Waals surface area contributed by atoms with Crippen LogP contribution in [-0.4, -0.2) is 47.9 Å². The fraction of sp³-hybridized carbons (Fsp3) is 0.833. The van der Waals surface area contributed by atoms with E-state index in [1.165, 1.54) is 0 Å². The minimum Gasteiger partial charge on any atom is -0.353 e. The van der Waals surface area contributed by atoms with Crippen molar-refractivity contribution in [3.8, 4) is 0 Å². The van der Waals surface area contributed by atoms with E-state index >= 15 is 0 Å². The largest absolute Gasteiger partial charge is 0.353 e. The quantitative estimate of drug-likeness (QED) is 0.835. The van der Waals surface area contributed by atoms with E-state index in [4.69, 9.17) is 0 Å². The first-order valence-electron chi connectivity index (χ1n) is 6.04. The number of carbonyl (C=O) groups is 1. The van der Waals surface area contributed by atoms with Crippen molar-refractivity contribution in [3.05, 3.63) is 0 Å². The number of rotatable bonds is 3. The number of nitrogens with one attached hydrogen (secondary N) is 1. The highest BCUT2D eigenvalue weighted by Gasteiger charge is 2.25. The van der Waals surface area contributed by atoms with Crippen molar-refractivity contribution in [1.29, 1.82) is 0 Å². The number of aliphatic imine (C=N–C) groups is 1. The van der Waals surface area contributed by atoms with Crippen LogP contribution >= 0.6 is 11.8 Å². The highest BCUT2D eigenvalue weighted by molar-refractivity contribution is 8.13. The summed E-state index contributed by atoms with van der Waals surface area (Å²) in [5.41, 5.74) is 0.267. The van der Waals surface area contributed by atoms with Crippen LogP contribution < -0.4 is 5.32 Å². The van der Waals surface area contributed by atoms with Gasteiger partial charge in [0, 0.05) is 25.9 Å². The molecule has 0 radical (unpaired) electrons. The molecule has 0 fully saturated rings. The van der Waals surface area contributed by atoms with Gasteiger partial charge in [0.2, 0.25) is 5.91 Å². The zero-order valence-corrected chi connectivity index (χ0v) is 12.2. The van der Waals surface area contributed by atoms with Gasteiger partial charge in [-0.05, 0) is 19.3 Å². The molecule has 1 rings (SSSR count). The topological polar surface area (TPSA) is 44.7 Å². The predicted molar refractivity (Wildman–Crippen MR) is 74.4 cm³/mol. The average molecular weight is 257 g/mol. The molecular weight excluding hydrogens is 234 g/mol. The first kappa shape index (κ1) is 14.4. The number of hydrogen-bond acceptors (Lipinski definition) is 4. The Hall–Kier alpha value is -0.710. The third kappa shape index (κ3) is 4.22. The molecule has 0 bridgehead atoms. The SMILES string of the molecule is CCN(C)C(=O)C(C)NC1=NCC(C)(C)CS1. The molecule has 98 valence electrons. The highest BCUT2D eigenvalue weighted by Crippen LogP contribution is 2.27. The number of nitrogens with zero attached hydrogens (tertiary/aromatic N) is 2. The summed E-state index contributed by atoms with van der Waals surface area (Å²) in [7, 11) is 1.82. The number of amides is 1. The Kier molecular flexibility index (Phi) is 4.86. The van der Waals surface area contributed by atoms with Crippen molar-refractivity contribution < 1.29 is 4.79 Å². The number of carbonyl (C=O) groups excluding carboxylic acids is 1. The lowest BCUT2D eigenvalue weighted by atomic mass is 9.97. The molecule has 4 nitrogen and oxygen atoms in total. The molecule has 0 aromatic carbocycles. The molecule has 0 aromatic heterocycles. The highest BCUT2D eigenvalue weighted by atomic mass is 32.2. The molecule has 17 heavy (non-hydrogen) atoms. The van der Waals surface area contributed by atoms with Gasteiger partial charge in [-0.3, -0.25) is 9.79 Å². The van der Waals surface area contributed by atoms with Crippen LogP contribution in [0.3, 0.4) is 0 Å². The van der Waals surface area contributed by atoms with Gasteiger partial charge >= 0.3 is 0 Å². The minimum absolute atomic E-state index is 0.112. The van der Waals surface area contributed by atoms with Crippen LogP contribution in [0.5, 0.6) is 0 Å². The van der Waals surface area contributed by atoms with Crippen LogP contribution in [-0.2, 0) is 4.79 Å². The molecule has 1 amide bonds. The van der Waals surface area contributed by atoms with Crippen LogP contribution in [0, 0.1) is 5.41 Å². The summed E-state index contributed by atoms with van der Waals surface area (Å²) >= 11 is 1.70. The molecule has 5 heteroatoms. The third-order valence-electron chi connectivity index (χ3n) is 2.81. The zero-order chi connectivity index (χ0) is 13.1. The molecule has 1 heterocycles. The van der Waals surface area contributed by atoms with Gasteiger partial charge in [0.15, 0.2) is 5.17 Å². The number of hydrogen-bond donors (Lipinski definition) is 1. The molecule has 1 unspecified atom stereocenters. The van der Waals surface area contributed by atoms with E-state index in [-0.39, 0.29) is 17.4 Å². The lowest BCUT2D eigenvalue weighted by Crippen LogP contribution is -2.46. The summed E-state index contributed by atoms with van der Waals surface area (Å²) < 4.78 is 0. The maximum atomic E-state index is 11.9. The lowest BCUT2D eigenvalue weighted by Gasteiger charge is -2.29. The van der Waals surface area contributed by atoms with Gasteiger partial charge in [-0.2, -0.15) is 0 Å². The molecule has 0 spiro atoms. The van der Waals surface area contributed by atoms with Crippen molar-refractivity contribution in [1.82, 2.24) is 10.2 Å². The van der Waals surface area contributed by atoms with Crippen molar-refractivity contribution >= 4 is 22.8 Å². The monoisotopic (exact) mass is 257 g/mol. The van der Waals surface area contributed by atoms with Gasteiger partial charge in [0.25, 0.3) is 0 Å². The minimum atomic E-state index is -0.201. The first-order valence-corrected chi connectivity index (χ1v) is 7.03. The van der Waals surface area contributed by atoms with E-state index in [2.05, 4.69) is 24.2 Å². The summed E-state index contributed by atoms with van der Waals surface area (Å²) in [6.45, 7) is 9.83. The summed E-state index contributed by atoms with van der Waals surface area (Å²) in [4.78, 5) is 18.1. The third-order valence-corrected chi connectivity index (χ3v) is 4.26. The van der Waals surface area contributed by atoms with E-state index in [1.807, 2.05) is 20.9 Å². The van der Waals surface area contributed by atoms with Crippen molar-refractivity contribution in [2.45, 2.75) is 33.7 Å². The molecule has 1 aliphatic rings. The van der Waals surface area contributed by atoms with E-state index in [0.717, 1.165) is 24.0 Å². The maximum absolute atomic E-state index is 11.9. The van der Waals surface area contributed by atoms with E-state index in [1.54, 1.807) is 16.7 Å². The van der Waals surface area contributed by atoms with Gasteiger partial charge < -0.3 is 10.2 Å². The Labute approximate surface area is 108 Å². The Balaban J connectivity index is 2.50. The van der Waals surface area contributed by atoms with Crippen molar-refractivity contribution in [2.75, 3.05) is 25.9 Å². The van der Waals surface area contributed by atoms with Crippen LogP contribution in [0.15, 0.2) is 4.99 Å². The van der Waals surface area contributed by atoms with Gasteiger partial charge in [-0.25, -0.2) is 0 Å². The van der Waals surface area contributed by atoms with E-state index in [0.29, 0.717) is 0 Å². The summed E-state index contributed by atoms with van der Waals surface area (Å²) in [5.74, 6) is 1.16. The molecule has 0 saturated heterocycles. The van der Waals surface area contributed by atoms with Crippen LogP contribution in [0.1, 0.15) is 27.7 Å². The fourth-order valence-electron chi connectivity index (χ4n) is 1.46. The molecule has 0 aliphatic carbocycles. The molecule has 0 saturated carbocycles. The Bertz CT molecular complexity index is 315. The maximum Gasteiger partial charge on any atom is 0.244 e. The van der Waals surface area contributed by atoms with E-state index in [9.17, 15) is 4.79 Å². The second-order valence-corrected chi connectivity index (χ2v) is 6.26. The lowest BCUT2D eigenvalue weighted by molar-refractivity contribution is -0.131. The second-order valence-electron chi connectivity index (χ2n) is 5.29. The van der Waals surface area contributed by atoms with Gasteiger partial charge in [-0.15, -0.1) is 0 Å². The van der Waals surface area contributed by atoms with E-state index < -0.39 is 0 Å². The number of likely N-dealkylation sites (N-methyl/N-ethyl adjacent to an activating group) is 1. The van der Waals surface area contributed by atoms with Gasteiger partial charge in [0.1, 0.15) is 6.04 Å². The number of amidine groups is 1. The Morgan fingerprint density at radius 1 is 1.65 bits per heavy atom. The van der Waals surface area contributed by atoms with Crippen LogP contribution in [0.4, 0.5) is 0 Å². The summed E-state index contributed by atoms with van der Waals surface area (Å²) in [6.07, 6.45) is 0. The molecule has 1 atom stereocenters. The van der Waals surface area contributed by atoms with Crippen molar-refractivity contribution in [2.24, 2.45) is 10.4 Å². The fourth-order valence-corrected chi connectivity index (χ4v) is 2.50. The smallest absolute Gasteiger partial charge is 0.244 e. The second kappa shape index (κ2) is 5.76. The Morgan fingerprint density at radius 3 is 2.76 bits per heavy atom. The molecule has 1 aliphatic heterocycles. The van der Waals surface area contributed by atoms with Gasteiger partial charge in [0.05, 0.1) is 0 Å². The normalized spacial score (nSPS) is 20.4. The first-order chi connectivity index (χ1) is 7.85. The predicted octanol–water partition coefficient (Wildman–Crippen LogP) is 1.57. The number of thioether (sulfide) groups is 1. The van der Waals surface area contributed by atoms with Crippen LogP contribution in [0.2, 0.25) is 0 Å². The van der Waals surface area contributed by atoms with Gasteiger partial charge in [-0.1, -0.05) is 25.6 Å².